The lowest BCUT2D eigenvalue weighted by Crippen LogP contribution is -2.36. The third-order valence-electron chi connectivity index (χ3n) is 4.19. The molecule has 1 aliphatic rings. The monoisotopic (exact) mass is 341 g/mol. The Kier molecular flexibility index (Phi) is 6.06. The standard InChI is InChI=1S/C19H27N5O/c1-3-4-9-20-18-14-15(2)21-19(23-18)22-16-7-5-6-8-17(16)24-10-12-25-13-11-24/h5-8,14H,3-4,9-13H2,1-2H3,(H2,20,21,22,23). The van der Waals surface area contributed by atoms with Gasteiger partial charge < -0.3 is 20.3 Å². The normalized spacial score (nSPS) is 14.4. The summed E-state index contributed by atoms with van der Waals surface area (Å²) in [7, 11) is 0. The lowest BCUT2D eigenvalue weighted by atomic mass is 10.2. The van der Waals surface area contributed by atoms with Crippen LogP contribution in [-0.4, -0.2) is 42.8 Å². The number of benzene rings is 1. The molecule has 6 nitrogen and oxygen atoms in total. The number of rotatable bonds is 7. The molecular formula is C19H27N5O. The molecule has 1 fully saturated rings. The second kappa shape index (κ2) is 8.67. The van der Waals surface area contributed by atoms with E-state index in [1.165, 1.54) is 0 Å². The van der Waals surface area contributed by atoms with Crippen molar-refractivity contribution in [2.45, 2.75) is 26.7 Å². The highest BCUT2D eigenvalue weighted by Gasteiger charge is 2.15. The van der Waals surface area contributed by atoms with Crippen LogP contribution in [0.5, 0.6) is 0 Å². The number of morpholine rings is 1. The predicted octanol–water partition coefficient (Wildman–Crippen LogP) is 3.58. The fourth-order valence-corrected chi connectivity index (χ4v) is 2.89. The lowest BCUT2D eigenvalue weighted by Gasteiger charge is -2.30. The van der Waals surface area contributed by atoms with Gasteiger partial charge in [-0.1, -0.05) is 25.5 Å². The van der Waals surface area contributed by atoms with Crippen LogP contribution in [0.4, 0.5) is 23.1 Å². The van der Waals surface area contributed by atoms with E-state index in [0.717, 1.165) is 68.6 Å². The number of hydrogen-bond acceptors (Lipinski definition) is 6. The minimum atomic E-state index is 0.625. The predicted molar refractivity (Wildman–Crippen MR) is 103 cm³/mol. The summed E-state index contributed by atoms with van der Waals surface area (Å²) < 4.78 is 5.46. The topological polar surface area (TPSA) is 62.3 Å². The molecule has 3 rings (SSSR count). The lowest BCUT2D eigenvalue weighted by molar-refractivity contribution is 0.123. The third kappa shape index (κ3) is 4.82. The van der Waals surface area contributed by atoms with E-state index in [1.54, 1.807) is 0 Å². The minimum Gasteiger partial charge on any atom is -0.378 e. The largest absolute Gasteiger partial charge is 0.378 e. The van der Waals surface area contributed by atoms with Crippen LogP contribution in [0.25, 0.3) is 0 Å². The molecule has 0 saturated carbocycles. The first-order valence-electron chi connectivity index (χ1n) is 9.04. The Hall–Kier alpha value is -2.34. The molecule has 25 heavy (non-hydrogen) atoms. The van der Waals surface area contributed by atoms with Crippen molar-refractivity contribution in [3.05, 3.63) is 36.0 Å². The van der Waals surface area contributed by atoms with E-state index in [2.05, 4.69) is 50.6 Å². The van der Waals surface area contributed by atoms with E-state index >= 15 is 0 Å². The summed E-state index contributed by atoms with van der Waals surface area (Å²) in [6.45, 7) is 8.43. The average Bonchev–Trinajstić information content (AvgIpc) is 2.63. The van der Waals surface area contributed by atoms with Crippen LogP contribution in [0.15, 0.2) is 30.3 Å². The number of hydrogen-bond donors (Lipinski definition) is 2. The van der Waals surface area contributed by atoms with E-state index in [1.807, 2.05) is 19.1 Å². The van der Waals surface area contributed by atoms with Gasteiger partial charge in [-0.05, 0) is 25.5 Å². The van der Waals surface area contributed by atoms with Gasteiger partial charge in [0.2, 0.25) is 5.95 Å². The summed E-state index contributed by atoms with van der Waals surface area (Å²) in [6, 6.07) is 10.3. The maximum absolute atomic E-state index is 5.46. The van der Waals surface area contributed by atoms with Gasteiger partial charge in [-0.3, -0.25) is 0 Å². The van der Waals surface area contributed by atoms with Crippen LogP contribution < -0.4 is 15.5 Å². The highest BCUT2D eigenvalue weighted by molar-refractivity contribution is 5.73. The van der Waals surface area contributed by atoms with Crippen molar-refractivity contribution in [2.24, 2.45) is 0 Å². The van der Waals surface area contributed by atoms with Crippen molar-refractivity contribution in [1.82, 2.24) is 9.97 Å². The van der Waals surface area contributed by atoms with Crippen LogP contribution in [0.3, 0.4) is 0 Å². The molecule has 0 unspecified atom stereocenters. The quantitative estimate of drug-likeness (QED) is 0.751. The van der Waals surface area contributed by atoms with E-state index in [0.29, 0.717) is 5.95 Å². The van der Waals surface area contributed by atoms with Crippen LogP contribution >= 0.6 is 0 Å². The van der Waals surface area contributed by atoms with Gasteiger partial charge in [-0.15, -0.1) is 0 Å². The van der Waals surface area contributed by atoms with Crippen molar-refractivity contribution in [2.75, 3.05) is 48.4 Å². The summed E-state index contributed by atoms with van der Waals surface area (Å²) in [4.78, 5) is 11.5. The molecule has 1 saturated heterocycles. The number of aromatic nitrogens is 2. The average molecular weight is 341 g/mol. The molecule has 0 radical (unpaired) electrons. The number of anilines is 4. The fourth-order valence-electron chi connectivity index (χ4n) is 2.89. The smallest absolute Gasteiger partial charge is 0.229 e. The first-order valence-corrected chi connectivity index (χ1v) is 9.04. The van der Waals surface area contributed by atoms with Crippen LogP contribution in [0, 0.1) is 6.92 Å². The zero-order chi connectivity index (χ0) is 17.5. The van der Waals surface area contributed by atoms with Gasteiger partial charge in [-0.25, -0.2) is 4.98 Å². The SMILES string of the molecule is CCCCNc1cc(C)nc(Nc2ccccc2N2CCOCC2)n1. The first kappa shape index (κ1) is 17.5. The zero-order valence-electron chi connectivity index (χ0n) is 15.1. The number of ether oxygens (including phenoxy) is 1. The Bertz CT molecular complexity index is 685. The molecule has 1 aromatic carbocycles. The van der Waals surface area contributed by atoms with E-state index < -0.39 is 0 Å². The Morgan fingerprint density at radius 2 is 1.96 bits per heavy atom. The zero-order valence-corrected chi connectivity index (χ0v) is 15.1. The third-order valence-corrected chi connectivity index (χ3v) is 4.19. The molecule has 0 spiro atoms. The molecule has 1 aromatic heterocycles. The number of nitrogens with one attached hydrogen (secondary N) is 2. The number of para-hydroxylation sites is 2. The summed E-state index contributed by atoms with van der Waals surface area (Å²) in [5.74, 6) is 1.49. The van der Waals surface area contributed by atoms with Gasteiger partial charge in [0.15, 0.2) is 0 Å². The molecular weight excluding hydrogens is 314 g/mol. The van der Waals surface area contributed by atoms with Crippen molar-refractivity contribution in [3.8, 4) is 0 Å². The Balaban J connectivity index is 1.78. The molecule has 1 aliphatic heterocycles. The van der Waals surface area contributed by atoms with Crippen molar-refractivity contribution >= 4 is 23.1 Å². The van der Waals surface area contributed by atoms with Gasteiger partial charge in [0.05, 0.1) is 24.6 Å². The van der Waals surface area contributed by atoms with E-state index in [-0.39, 0.29) is 0 Å². The summed E-state index contributed by atoms with van der Waals surface area (Å²) in [6.07, 6.45) is 2.29. The minimum absolute atomic E-state index is 0.625. The second-order valence-corrected chi connectivity index (χ2v) is 6.24. The van der Waals surface area contributed by atoms with Gasteiger partial charge in [0, 0.05) is 31.4 Å². The molecule has 0 amide bonds. The van der Waals surface area contributed by atoms with E-state index in [4.69, 9.17) is 4.74 Å². The summed E-state index contributed by atoms with van der Waals surface area (Å²) in [5, 5.41) is 6.77. The van der Waals surface area contributed by atoms with Gasteiger partial charge >= 0.3 is 0 Å². The molecule has 0 atom stereocenters. The number of unbranched alkanes of at least 4 members (excludes halogenated alkanes) is 1. The Morgan fingerprint density at radius 1 is 1.16 bits per heavy atom. The summed E-state index contributed by atoms with van der Waals surface area (Å²) >= 11 is 0. The molecule has 2 aromatic rings. The maximum Gasteiger partial charge on any atom is 0.229 e. The summed E-state index contributed by atoms with van der Waals surface area (Å²) in [5.41, 5.74) is 3.13. The van der Waals surface area contributed by atoms with Gasteiger partial charge in [0.25, 0.3) is 0 Å². The van der Waals surface area contributed by atoms with Crippen LogP contribution in [-0.2, 0) is 4.74 Å². The fraction of sp³-hybridized carbons (Fsp3) is 0.474. The number of aryl methyl sites for hydroxylation is 1. The Labute approximate surface area is 149 Å². The van der Waals surface area contributed by atoms with Crippen molar-refractivity contribution in [3.63, 3.8) is 0 Å². The molecule has 2 heterocycles. The molecule has 0 bridgehead atoms. The molecule has 6 heteroatoms. The van der Waals surface area contributed by atoms with Crippen LogP contribution in [0.2, 0.25) is 0 Å². The Morgan fingerprint density at radius 3 is 2.76 bits per heavy atom. The highest BCUT2D eigenvalue weighted by atomic mass is 16.5. The highest BCUT2D eigenvalue weighted by Crippen LogP contribution is 2.28. The van der Waals surface area contributed by atoms with Crippen molar-refractivity contribution in [1.29, 1.82) is 0 Å². The van der Waals surface area contributed by atoms with Crippen molar-refractivity contribution < 1.29 is 4.74 Å². The second-order valence-electron chi connectivity index (χ2n) is 6.24. The maximum atomic E-state index is 5.46. The van der Waals surface area contributed by atoms with Gasteiger partial charge in [0.1, 0.15) is 5.82 Å². The molecule has 134 valence electrons. The first-order chi connectivity index (χ1) is 12.3. The van der Waals surface area contributed by atoms with Gasteiger partial charge in [-0.2, -0.15) is 4.98 Å². The number of nitrogens with zero attached hydrogens (tertiary/aromatic N) is 3. The molecule has 0 aliphatic carbocycles. The molecule has 2 N–H and O–H groups in total. The van der Waals surface area contributed by atoms with E-state index in [9.17, 15) is 0 Å². The van der Waals surface area contributed by atoms with Crippen LogP contribution in [0.1, 0.15) is 25.5 Å².